The SMILES string of the molecule is CCCCCCC(C)Oc1ncnc(Cl)c1OC. The zero-order chi connectivity index (χ0) is 13.4. The number of methoxy groups -OCH3 is 1. The molecule has 0 spiro atoms. The first-order chi connectivity index (χ1) is 8.69. The fraction of sp³-hybridized carbons (Fsp3) is 0.692. The van der Waals surface area contributed by atoms with Gasteiger partial charge in [-0.1, -0.05) is 37.8 Å². The van der Waals surface area contributed by atoms with Crippen molar-refractivity contribution in [3.8, 4) is 11.6 Å². The van der Waals surface area contributed by atoms with Crippen LogP contribution in [0.1, 0.15) is 46.0 Å². The highest BCUT2D eigenvalue weighted by molar-refractivity contribution is 6.31. The third-order valence-corrected chi connectivity index (χ3v) is 2.98. The van der Waals surface area contributed by atoms with Gasteiger partial charge in [0.05, 0.1) is 13.2 Å². The van der Waals surface area contributed by atoms with E-state index in [1.807, 2.05) is 6.92 Å². The molecule has 0 bridgehead atoms. The van der Waals surface area contributed by atoms with Gasteiger partial charge in [0.2, 0.25) is 5.75 Å². The summed E-state index contributed by atoms with van der Waals surface area (Å²) in [7, 11) is 1.53. The van der Waals surface area contributed by atoms with Gasteiger partial charge in [-0.25, -0.2) is 4.98 Å². The summed E-state index contributed by atoms with van der Waals surface area (Å²) < 4.78 is 10.9. The molecule has 1 heterocycles. The Morgan fingerprint density at radius 2 is 2.06 bits per heavy atom. The molecular formula is C13H21ClN2O2. The van der Waals surface area contributed by atoms with Crippen LogP contribution in [0, 0.1) is 0 Å². The Morgan fingerprint density at radius 3 is 2.72 bits per heavy atom. The molecule has 4 nitrogen and oxygen atoms in total. The third kappa shape index (κ3) is 4.69. The fourth-order valence-corrected chi connectivity index (χ4v) is 1.90. The van der Waals surface area contributed by atoms with Crippen LogP contribution < -0.4 is 9.47 Å². The molecule has 0 radical (unpaired) electrons. The Kier molecular flexibility index (Phi) is 6.80. The van der Waals surface area contributed by atoms with Gasteiger partial charge in [-0.3, -0.25) is 0 Å². The van der Waals surface area contributed by atoms with Gasteiger partial charge < -0.3 is 9.47 Å². The van der Waals surface area contributed by atoms with Crippen molar-refractivity contribution in [2.45, 2.75) is 52.1 Å². The summed E-state index contributed by atoms with van der Waals surface area (Å²) >= 11 is 5.90. The van der Waals surface area contributed by atoms with E-state index in [0.29, 0.717) is 11.6 Å². The second-order valence-corrected chi connectivity index (χ2v) is 4.64. The lowest BCUT2D eigenvalue weighted by atomic mass is 10.1. The Bertz CT molecular complexity index is 361. The lowest BCUT2D eigenvalue weighted by molar-refractivity contribution is 0.188. The normalized spacial score (nSPS) is 12.2. The summed E-state index contributed by atoms with van der Waals surface area (Å²) in [6, 6.07) is 0. The molecule has 0 aromatic carbocycles. The first-order valence-electron chi connectivity index (χ1n) is 6.40. The van der Waals surface area contributed by atoms with Crippen molar-refractivity contribution in [1.82, 2.24) is 9.97 Å². The Morgan fingerprint density at radius 1 is 1.28 bits per heavy atom. The van der Waals surface area contributed by atoms with E-state index < -0.39 is 0 Å². The second kappa shape index (κ2) is 8.14. The molecule has 102 valence electrons. The van der Waals surface area contributed by atoms with Gasteiger partial charge in [-0.2, -0.15) is 4.98 Å². The van der Waals surface area contributed by atoms with Gasteiger partial charge in [0.1, 0.15) is 6.33 Å². The van der Waals surface area contributed by atoms with Gasteiger partial charge in [-0.05, 0) is 19.8 Å². The zero-order valence-corrected chi connectivity index (χ0v) is 12.0. The van der Waals surface area contributed by atoms with Crippen molar-refractivity contribution >= 4 is 11.6 Å². The van der Waals surface area contributed by atoms with Crippen molar-refractivity contribution < 1.29 is 9.47 Å². The minimum Gasteiger partial charge on any atom is -0.489 e. The van der Waals surface area contributed by atoms with E-state index in [2.05, 4.69) is 16.9 Å². The first-order valence-corrected chi connectivity index (χ1v) is 6.78. The van der Waals surface area contributed by atoms with Crippen molar-refractivity contribution in [3.63, 3.8) is 0 Å². The lowest BCUT2D eigenvalue weighted by Gasteiger charge is -2.15. The summed E-state index contributed by atoms with van der Waals surface area (Å²) in [6.45, 7) is 4.23. The van der Waals surface area contributed by atoms with Gasteiger partial charge in [-0.15, -0.1) is 0 Å². The number of ether oxygens (including phenoxy) is 2. The minimum absolute atomic E-state index is 0.0988. The molecule has 0 aliphatic carbocycles. The van der Waals surface area contributed by atoms with Crippen molar-refractivity contribution in [1.29, 1.82) is 0 Å². The van der Waals surface area contributed by atoms with Gasteiger partial charge >= 0.3 is 0 Å². The predicted molar refractivity (Wildman–Crippen MR) is 72.4 cm³/mol. The number of rotatable bonds is 8. The summed E-state index contributed by atoms with van der Waals surface area (Å²) in [5.74, 6) is 0.820. The lowest BCUT2D eigenvalue weighted by Crippen LogP contribution is -2.13. The highest BCUT2D eigenvalue weighted by atomic mass is 35.5. The third-order valence-electron chi connectivity index (χ3n) is 2.71. The molecule has 18 heavy (non-hydrogen) atoms. The molecule has 0 saturated heterocycles. The maximum absolute atomic E-state index is 5.90. The highest BCUT2D eigenvalue weighted by Crippen LogP contribution is 2.31. The number of aromatic nitrogens is 2. The fourth-order valence-electron chi connectivity index (χ4n) is 1.70. The van der Waals surface area contributed by atoms with Crippen LogP contribution in [0.3, 0.4) is 0 Å². The van der Waals surface area contributed by atoms with E-state index in [9.17, 15) is 0 Å². The molecule has 1 unspecified atom stereocenters. The van der Waals surface area contributed by atoms with E-state index >= 15 is 0 Å². The van der Waals surface area contributed by atoms with Crippen molar-refractivity contribution in [2.24, 2.45) is 0 Å². The van der Waals surface area contributed by atoms with E-state index in [1.165, 1.54) is 32.7 Å². The average molecular weight is 273 g/mol. The molecular weight excluding hydrogens is 252 g/mol. The van der Waals surface area contributed by atoms with Crippen LogP contribution in [0.2, 0.25) is 5.15 Å². The van der Waals surface area contributed by atoms with Crippen LogP contribution in [0.25, 0.3) is 0 Å². The number of hydrogen-bond donors (Lipinski definition) is 0. The Balaban J connectivity index is 2.48. The van der Waals surface area contributed by atoms with Crippen molar-refractivity contribution in [2.75, 3.05) is 7.11 Å². The van der Waals surface area contributed by atoms with E-state index in [0.717, 1.165) is 12.8 Å². The van der Waals surface area contributed by atoms with Crippen LogP contribution in [0.15, 0.2) is 6.33 Å². The molecule has 0 fully saturated rings. The van der Waals surface area contributed by atoms with E-state index in [4.69, 9.17) is 21.1 Å². The molecule has 1 atom stereocenters. The van der Waals surface area contributed by atoms with Crippen molar-refractivity contribution in [3.05, 3.63) is 11.5 Å². The average Bonchev–Trinajstić information content (AvgIpc) is 2.35. The van der Waals surface area contributed by atoms with Gasteiger partial charge in [0.25, 0.3) is 5.88 Å². The molecule has 0 amide bonds. The number of hydrogen-bond acceptors (Lipinski definition) is 4. The van der Waals surface area contributed by atoms with Gasteiger partial charge in [0, 0.05) is 0 Å². The number of nitrogens with zero attached hydrogens (tertiary/aromatic N) is 2. The van der Waals surface area contributed by atoms with Crippen LogP contribution in [0.4, 0.5) is 0 Å². The summed E-state index contributed by atoms with van der Waals surface area (Å²) in [5.41, 5.74) is 0. The number of halogens is 1. The topological polar surface area (TPSA) is 44.2 Å². The highest BCUT2D eigenvalue weighted by Gasteiger charge is 2.14. The minimum atomic E-state index is 0.0988. The van der Waals surface area contributed by atoms with E-state index in [-0.39, 0.29) is 11.3 Å². The Hall–Kier alpha value is -1.03. The van der Waals surface area contributed by atoms with Crippen LogP contribution >= 0.6 is 11.6 Å². The number of unbranched alkanes of at least 4 members (excludes halogenated alkanes) is 3. The second-order valence-electron chi connectivity index (χ2n) is 4.28. The van der Waals surface area contributed by atoms with Gasteiger partial charge in [0.15, 0.2) is 5.15 Å². The quantitative estimate of drug-likeness (QED) is 0.532. The van der Waals surface area contributed by atoms with Crippen LogP contribution in [-0.4, -0.2) is 23.2 Å². The standard InChI is InChI=1S/C13H21ClN2O2/c1-4-5-6-7-8-10(2)18-13-11(17-3)12(14)15-9-16-13/h9-10H,4-8H2,1-3H3. The molecule has 0 N–H and O–H groups in total. The summed E-state index contributed by atoms with van der Waals surface area (Å²) in [6.07, 6.45) is 7.40. The summed E-state index contributed by atoms with van der Waals surface area (Å²) in [5, 5.41) is 0.278. The maximum Gasteiger partial charge on any atom is 0.262 e. The predicted octanol–water partition coefficient (Wildman–Crippen LogP) is 3.88. The molecule has 1 aromatic heterocycles. The zero-order valence-electron chi connectivity index (χ0n) is 11.3. The van der Waals surface area contributed by atoms with Crippen LogP contribution in [0.5, 0.6) is 11.6 Å². The maximum atomic E-state index is 5.90. The Labute approximate surface area is 114 Å². The van der Waals surface area contributed by atoms with E-state index in [1.54, 1.807) is 0 Å². The molecule has 0 aliphatic rings. The smallest absolute Gasteiger partial charge is 0.262 e. The molecule has 5 heteroatoms. The summed E-state index contributed by atoms with van der Waals surface area (Å²) in [4.78, 5) is 7.91. The molecule has 1 aromatic rings. The van der Waals surface area contributed by atoms with Crippen LogP contribution in [-0.2, 0) is 0 Å². The largest absolute Gasteiger partial charge is 0.489 e. The monoisotopic (exact) mass is 272 g/mol. The molecule has 1 rings (SSSR count). The molecule has 0 aliphatic heterocycles. The molecule has 0 saturated carbocycles. The first kappa shape index (κ1) is 15.0.